The predicted octanol–water partition coefficient (Wildman–Crippen LogP) is 1.39. The molecule has 4 nitrogen and oxygen atoms in total. The van der Waals surface area contributed by atoms with E-state index in [1.807, 2.05) is 30.3 Å². The number of hydrogen-bond acceptors (Lipinski definition) is 3. The number of halogens is 1. The molecule has 2 rings (SSSR count). The van der Waals surface area contributed by atoms with Gasteiger partial charge in [-0.2, -0.15) is 0 Å². The number of nitrogens with two attached hydrogens (primary N) is 1. The van der Waals surface area contributed by atoms with Crippen molar-refractivity contribution in [3.63, 3.8) is 0 Å². The molecule has 1 unspecified atom stereocenters. The maximum atomic E-state index is 11.4. The molecule has 0 aromatic heterocycles. The summed E-state index contributed by atoms with van der Waals surface area (Å²) in [5, 5.41) is 0. The molecule has 1 aromatic rings. The zero-order valence-electron chi connectivity index (χ0n) is 8.13. The van der Waals surface area contributed by atoms with Gasteiger partial charge >= 0.3 is 6.09 Å². The minimum absolute atomic E-state index is 0. The molecule has 1 amide bonds. The lowest BCUT2D eigenvalue weighted by Gasteiger charge is -2.11. The van der Waals surface area contributed by atoms with Crippen LogP contribution in [0.4, 0.5) is 10.5 Å². The number of para-hydroxylation sites is 1. The molecule has 0 radical (unpaired) electrons. The van der Waals surface area contributed by atoms with E-state index < -0.39 is 0 Å². The largest absolute Gasteiger partial charge is 0.443 e. The molecule has 15 heavy (non-hydrogen) atoms. The number of cyclic esters (lactones) is 1. The Hall–Kier alpha value is -1.26. The highest BCUT2D eigenvalue weighted by Gasteiger charge is 2.30. The fraction of sp³-hybridized carbons (Fsp3) is 0.300. The quantitative estimate of drug-likeness (QED) is 0.833. The monoisotopic (exact) mass is 228 g/mol. The Morgan fingerprint density at radius 1 is 1.40 bits per heavy atom. The molecular formula is C10H13ClN2O2. The van der Waals surface area contributed by atoms with Crippen molar-refractivity contribution in [2.24, 2.45) is 5.73 Å². The molecule has 82 valence electrons. The van der Waals surface area contributed by atoms with E-state index in [4.69, 9.17) is 10.5 Å². The number of hydrogen-bond donors (Lipinski definition) is 1. The standard InChI is InChI=1S/C10H12N2O2.ClH/c11-6-9-7-12(10(13)14-9)8-4-2-1-3-5-8;/h1-5,9H,6-7,11H2;1H. The summed E-state index contributed by atoms with van der Waals surface area (Å²) in [6.07, 6.45) is -0.491. The molecule has 1 fully saturated rings. The van der Waals surface area contributed by atoms with Crippen LogP contribution < -0.4 is 10.6 Å². The molecule has 1 aromatic carbocycles. The van der Waals surface area contributed by atoms with E-state index in [1.165, 1.54) is 0 Å². The van der Waals surface area contributed by atoms with Crippen LogP contribution in [-0.4, -0.2) is 25.3 Å². The zero-order chi connectivity index (χ0) is 9.97. The van der Waals surface area contributed by atoms with Crippen LogP contribution in [0.3, 0.4) is 0 Å². The van der Waals surface area contributed by atoms with Crippen molar-refractivity contribution in [1.82, 2.24) is 0 Å². The summed E-state index contributed by atoms with van der Waals surface area (Å²) in [5.41, 5.74) is 6.29. The lowest BCUT2D eigenvalue weighted by atomic mass is 10.3. The van der Waals surface area contributed by atoms with E-state index in [0.717, 1.165) is 5.69 Å². The fourth-order valence-corrected chi connectivity index (χ4v) is 1.46. The van der Waals surface area contributed by atoms with Crippen molar-refractivity contribution in [2.45, 2.75) is 6.10 Å². The van der Waals surface area contributed by atoms with Gasteiger partial charge in [0.15, 0.2) is 0 Å². The Labute approximate surface area is 94.4 Å². The third-order valence-corrected chi connectivity index (χ3v) is 2.20. The molecule has 2 N–H and O–H groups in total. The molecule has 1 saturated heterocycles. The van der Waals surface area contributed by atoms with Crippen molar-refractivity contribution in [3.05, 3.63) is 30.3 Å². The van der Waals surface area contributed by atoms with Crippen LogP contribution in [0.25, 0.3) is 0 Å². The zero-order valence-corrected chi connectivity index (χ0v) is 8.94. The topological polar surface area (TPSA) is 55.6 Å². The highest BCUT2D eigenvalue weighted by molar-refractivity contribution is 5.89. The number of benzene rings is 1. The Morgan fingerprint density at radius 2 is 2.07 bits per heavy atom. The van der Waals surface area contributed by atoms with Crippen LogP contribution in [0.5, 0.6) is 0 Å². The van der Waals surface area contributed by atoms with E-state index in [-0.39, 0.29) is 24.6 Å². The first-order valence-electron chi connectivity index (χ1n) is 4.54. The van der Waals surface area contributed by atoms with E-state index >= 15 is 0 Å². The molecule has 1 atom stereocenters. The number of anilines is 1. The van der Waals surface area contributed by atoms with Gasteiger partial charge in [0.05, 0.1) is 6.54 Å². The molecule has 0 saturated carbocycles. The summed E-state index contributed by atoms with van der Waals surface area (Å²) >= 11 is 0. The van der Waals surface area contributed by atoms with E-state index in [9.17, 15) is 4.79 Å². The lowest BCUT2D eigenvalue weighted by Crippen LogP contribution is -2.27. The number of amides is 1. The minimum atomic E-state index is -0.313. The summed E-state index contributed by atoms with van der Waals surface area (Å²) < 4.78 is 5.04. The van der Waals surface area contributed by atoms with E-state index in [0.29, 0.717) is 13.1 Å². The van der Waals surface area contributed by atoms with Crippen molar-refractivity contribution >= 4 is 24.2 Å². The van der Waals surface area contributed by atoms with Gasteiger partial charge in [0.25, 0.3) is 0 Å². The van der Waals surface area contributed by atoms with Crippen LogP contribution in [0.2, 0.25) is 0 Å². The predicted molar refractivity (Wildman–Crippen MR) is 60.4 cm³/mol. The Bertz CT molecular complexity index is 331. The van der Waals surface area contributed by atoms with Crippen molar-refractivity contribution < 1.29 is 9.53 Å². The maximum absolute atomic E-state index is 11.4. The van der Waals surface area contributed by atoms with Crippen molar-refractivity contribution in [1.29, 1.82) is 0 Å². The average molecular weight is 229 g/mol. The molecule has 0 spiro atoms. The Kier molecular flexibility index (Phi) is 3.94. The number of carbonyl (C=O) groups is 1. The van der Waals surface area contributed by atoms with Gasteiger partial charge in [-0.3, -0.25) is 4.90 Å². The van der Waals surface area contributed by atoms with E-state index in [1.54, 1.807) is 4.90 Å². The van der Waals surface area contributed by atoms with Gasteiger partial charge in [0.1, 0.15) is 6.10 Å². The van der Waals surface area contributed by atoms with Crippen LogP contribution in [0.1, 0.15) is 0 Å². The molecule has 0 aliphatic carbocycles. The first-order chi connectivity index (χ1) is 6.81. The summed E-state index contributed by atoms with van der Waals surface area (Å²) in [4.78, 5) is 13.0. The summed E-state index contributed by atoms with van der Waals surface area (Å²) in [6, 6.07) is 9.43. The van der Waals surface area contributed by atoms with Gasteiger partial charge in [-0.05, 0) is 12.1 Å². The first-order valence-corrected chi connectivity index (χ1v) is 4.54. The second-order valence-electron chi connectivity index (χ2n) is 3.19. The molecule has 1 aliphatic rings. The van der Waals surface area contributed by atoms with Crippen LogP contribution in [0, 0.1) is 0 Å². The van der Waals surface area contributed by atoms with Crippen LogP contribution >= 0.6 is 12.4 Å². The smallest absolute Gasteiger partial charge is 0.414 e. The molecule has 0 bridgehead atoms. The van der Waals surface area contributed by atoms with E-state index in [2.05, 4.69) is 0 Å². The molecule has 1 aliphatic heterocycles. The highest BCUT2D eigenvalue weighted by atomic mass is 35.5. The summed E-state index contributed by atoms with van der Waals surface area (Å²) in [6.45, 7) is 0.911. The third kappa shape index (κ3) is 2.40. The van der Waals surface area contributed by atoms with Gasteiger partial charge in [0.2, 0.25) is 0 Å². The average Bonchev–Trinajstić information content (AvgIpc) is 2.61. The normalized spacial score (nSPS) is 19.7. The van der Waals surface area contributed by atoms with Gasteiger partial charge in [-0.1, -0.05) is 18.2 Å². The highest BCUT2D eigenvalue weighted by Crippen LogP contribution is 2.20. The second-order valence-corrected chi connectivity index (χ2v) is 3.19. The molecule has 5 heteroatoms. The third-order valence-electron chi connectivity index (χ3n) is 2.20. The number of rotatable bonds is 2. The Balaban J connectivity index is 0.00000112. The minimum Gasteiger partial charge on any atom is -0.443 e. The van der Waals surface area contributed by atoms with Gasteiger partial charge in [-0.25, -0.2) is 4.79 Å². The van der Waals surface area contributed by atoms with Crippen LogP contribution in [-0.2, 0) is 4.74 Å². The van der Waals surface area contributed by atoms with Crippen LogP contribution in [0.15, 0.2) is 30.3 Å². The maximum Gasteiger partial charge on any atom is 0.414 e. The first kappa shape index (κ1) is 11.8. The van der Waals surface area contributed by atoms with Crippen molar-refractivity contribution in [2.75, 3.05) is 18.0 Å². The van der Waals surface area contributed by atoms with Gasteiger partial charge in [0, 0.05) is 12.2 Å². The number of ether oxygens (including phenoxy) is 1. The van der Waals surface area contributed by atoms with Gasteiger partial charge in [-0.15, -0.1) is 12.4 Å². The summed E-state index contributed by atoms with van der Waals surface area (Å²) in [7, 11) is 0. The lowest BCUT2D eigenvalue weighted by molar-refractivity contribution is 0.145. The summed E-state index contributed by atoms with van der Waals surface area (Å²) in [5.74, 6) is 0. The number of carbonyl (C=O) groups excluding carboxylic acids is 1. The van der Waals surface area contributed by atoms with Gasteiger partial charge < -0.3 is 10.5 Å². The van der Waals surface area contributed by atoms with Crippen molar-refractivity contribution in [3.8, 4) is 0 Å². The second kappa shape index (κ2) is 5.00. The SMILES string of the molecule is Cl.NCC1CN(c2ccccc2)C(=O)O1. The fourth-order valence-electron chi connectivity index (χ4n) is 1.46. The number of nitrogens with zero attached hydrogens (tertiary/aromatic N) is 1. The molecular weight excluding hydrogens is 216 g/mol. The Morgan fingerprint density at radius 3 is 2.60 bits per heavy atom. The molecule has 1 heterocycles.